The molecule has 3 aromatic rings. The molecule has 10 nitrogen and oxygen atoms in total. The second-order valence-corrected chi connectivity index (χ2v) is 12.8. The summed E-state index contributed by atoms with van der Waals surface area (Å²) in [6.45, 7) is 8.50. The van der Waals surface area contributed by atoms with Gasteiger partial charge in [0.15, 0.2) is 5.75 Å². The Hall–Kier alpha value is -3.02. The van der Waals surface area contributed by atoms with Crippen LogP contribution in [0, 0.1) is 5.92 Å². The maximum absolute atomic E-state index is 11.1. The fraction of sp³-hybridized carbons (Fsp3) is 0.484. The first kappa shape index (κ1) is 30.0. The van der Waals surface area contributed by atoms with Gasteiger partial charge < -0.3 is 19.6 Å². The lowest BCUT2D eigenvalue weighted by atomic mass is 9.93. The first-order valence-corrected chi connectivity index (χ1v) is 15.6. The van der Waals surface area contributed by atoms with Crippen molar-refractivity contribution in [1.29, 1.82) is 0 Å². The minimum Gasteiger partial charge on any atom is -0.481 e. The van der Waals surface area contributed by atoms with Crippen LogP contribution in [-0.4, -0.2) is 106 Å². The average Bonchev–Trinajstić information content (AvgIpc) is 2.97. The highest BCUT2D eigenvalue weighted by molar-refractivity contribution is 6.35. The van der Waals surface area contributed by atoms with E-state index in [2.05, 4.69) is 36.6 Å². The van der Waals surface area contributed by atoms with Gasteiger partial charge >= 0.3 is 5.97 Å². The zero-order valence-corrected chi connectivity index (χ0v) is 25.8. The summed E-state index contributed by atoms with van der Waals surface area (Å²) in [4.78, 5) is 34.8. The van der Waals surface area contributed by atoms with Crippen LogP contribution in [0.2, 0.25) is 10.0 Å². The van der Waals surface area contributed by atoms with Crippen molar-refractivity contribution in [3.8, 4) is 22.9 Å². The van der Waals surface area contributed by atoms with Gasteiger partial charge in [-0.05, 0) is 68.7 Å². The molecular weight excluding hydrogens is 589 g/mol. The normalized spacial score (nSPS) is 20.6. The molecule has 0 saturated carbocycles. The largest absolute Gasteiger partial charge is 0.481 e. The minimum absolute atomic E-state index is 0.227. The molecule has 1 aromatic carbocycles. The number of carboxylic acids is 1. The van der Waals surface area contributed by atoms with Crippen molar-refractivity contribution < 1.29 is 14.6 Å². The Balaban J connectivity index is 1.18. The maximum Gasteiger partial charge on any atom is 0.303 e. The second-order valence-electron chi connectivity index (χ2n) is 11.9. The van der Waals surface area contributed by atoms with E-state index >= 15 is 0 Å². The Bertz CT molecular complexity index is 1420. The molecule has 3 aliphatic heterocycles. The van der Waals surface area contributed by atoms with E-state index in [9.17, 15) is 4.79 Å². The molecule has 3 saturated heterocycles. The van der Waals surface area contributed by atoms with Crippen LogP contribution >= 0.6 is 23.2 Å². The topological polar surface area (TPSA) is 98.2 Å². The molecule has 228 valence electrons. The van der Waals surface area contributed by atoms with Gasteiger partial charge in [-0.2, -0.15) is 0 Å². The van der Waals surface area contributed by atoms with Crippen LogP contribution < -0.4 is 9.64 Å². The monoisotopic (exact) mass is 625 g/mol. The van der Waals surface area contributed by atoms with E-state index in [1.165, 1.54) is 0 Å². The molecule has 12 heteroatoms. The van der Waals surface area contributed by atoms with Gasteiger partial charge in [0.25, 0.3) is 0 Å². The average molecular weight is 627 g/mol. The molecule has 3 aliphatic rings. The fourth-order valence-corrected chi connectivity index (χ4v) is 6.87. The lowest BCUT2D eigenvalue weighted by Gasteiger charge is -2.46. The first-order chi connectivity index (χ1) is 20.8. The summed E-state index contributed by atoms with van der Waals surface area (Å²) in [5.41, 5.74) is 2.52. The Morgan fingerprint density at radius 3 is 2.40 bits per heavy atom. The van der Waals surface area contributed by atoms with Gasteiger partial charge in [-0.15, -0.1) is 0 Å². The molecule has 0 spiro atoms. The molecule has 1 N–H and O–H groups in total. The molecule has 6 rings (SSSR count). The molecule has 1 atom stereocenters. The molecule has 1 unspecified atom stereocenters. The number of pyridine rings is 1. The van der Waals surface area contributed by atoms with Crippen molar-refractivity contribution in [3.63, 3.8) is 0 Å². The number of piperidine rings is 1. The number of hydrogen-bond acceptors (Lipinski definition) is 9. The number of likely N-dealkylation sites (tertiary alicyclic amines) is 1. The quantitative estimate of drug-likeness (QED) is 0.377. The number of nitrogens with zero attached hydrogens (tertiary/aromatic N) is 7. The number of carbonyl (C=O) groups is 1. The van der Waals surface area contributed by atoms with Gasteiger partial charge in [0.1, 0.15) is 0 Å². The van der Waals surface area contributed by atoms with Crippen LogP contribution in [-0.2, 0) is 11.3 Å². The molecule has 0 amide bonds. The summed E-state index contributed by atoms with van der Waals surface area (Å²) in [6, 6.07) is 9.82. The molecule has 0 aliphatic carbocycles. The Morgan fingerprint density at radius 1 is 0.953 bits per heavy atom. The van der Waals surface area contributed by atoms with Gasteiger partial charge in [0, 0.05) is 80.0 Å². The van der Waals surface area contributed by atoms with Crippen LogP contribution in [0.3, 0.4) is 0 Å². The van der Waals surface area contributed by atoms with Crippen LogP contribution in [0.25, 0.3) is 11.3 Å². The Labute approximate surface area is 262 Å². The molecule has 0 radical (unpaired) electrons. The summed E-state index contributed by atoms with van der Waals surface area (Å²) in [5.74, 6) is 1.15. The van der Waals surface area contributed by atoms with Crippen molar-refractivity contribution in [2.24, 2.45) is 5.92 Å². The van der Waals surface area contributed by atoms with Crippen molar-refractivity contribution in [1.82, 2.24) is 29.7 Å². The van der Waals surface area contributed by atoms with Crippen LogP contribution in [0.15, 0.2) is 42.7 Å². The third-order valence-electron chi connectivity index (χ3n) is 8.61. The predicted molar refractivity (Wildman–Crippen MR) is 167 cm³/mol. The third-order valence-corrected chi connectivity index (χ3v) is 9.05. The van der Waals surface area contributed by atoms with E-state index in [-0.39, 0.29) is 12.3 Å². The number of hydrogen-bond donors (Lipinski definition) is 1. The number of fused-ring (bicyclic) bond motifs is 1. The number of rotatable bonds is 8. The van der Waals surface area contributed by atoms with E-state index in [1.54, 1.807) is 18.5 Å². The fourth-order valence-electron chi connectivity index (χ4n) is 6.34. The third kappa shape index (κ3) is 7.74. The molecule has 0 bridgehead atoms. The number of halogens is 2. The number of carboxylic acid groups (broad SMARTS) is 1. The van der Waals surface area contributed by atoms with Crippen molar-refractivity contribution in [3.05, 3.63) is 58.3 Å². The summed E-state index contributed by atoms with van der Waals surface area (Å²) < 4.78 is 6.21. The molecular formula is C31H37Cl2N7O3. The van der Waals surface area contributed by atoms with Gasteiger partial charge in [-0.3, -0.25) is 14.6 Å². The van der Waals surface area contributed by atoms with Crippen molar-refractivity contribution in [2.75, 3.05) is 64.3 Å². The minimum atomic E-state index is -0.726. The van der Waals surface area contributed by atoms with E-state index in [1.807, 2.05) is 24.3 Å². The second kappa shape index (κ2) is 13.3. The molecule has 3 fully saturated rings. The summed E-state index contributed by atoms with van der Waals surface area (Å²) in [7, 11) is 2.18. The van der Waals surface area contributed by atoms with Crippen molar-refractivity contribution in [2.45, 2.75) is 31.8 Å². The predicted octanol–water partition coefficient (Wildman–Crippen LogP) is 4.76. The van der Waals surface area contributed by atoms with Gasteiger partial charge in [-0.1, -0.05) is 23.2 Å². The van der Waals surface area contributed by atoms with Gasteiger partial charge in [0.2, 0.25) is 11.8 Å². The maximum atomic E-state index is 11.1. The highest BCUT2D eigenvalue weighted by Gasteiger charge is 2.31. The lowest BCUT2D eigenvalue weighted by Crippen LogP contribution is -2.61. The van der Waals surface area contributed by atoms with E-state index in [0.29, 0.717) is 45.9 Å². The number of ether oxygens (including phenoxy) is 1. The number of piperazine rings is 2. The summed E-state index contributed by atoms with van der Waals surface area (Å²) in [5, 5.41) is 10.2. The van der Waals surface area contributed by atoms with Crippen LogP contribution in [0.5, 0.6) is 11.6 Å². The SMILES string of the molecule is CN1CCN2CCN(c3ncc(Oc4cc(CN5CCC(CC(=O)O)CC5)cc(-c5cc(Cl)cc(Cl)c5)n4)cn3)CC2C1. The summed E-state index contributed by atoms with van der Waals surface area (Å²) in [6.07, 6.45) is 5.38. The van der Waals surface area contributed by atoms with E-state index < -0.39 is 5.97 Å². The number of aliphatic carboxylic acids is 1. The molecule has 43 heavy (non-hydrogen) atoms. The zero-order chi connectivity index (χ0) is 29.9. The van der Waals surface area contributed by atoms with Gasteiger partial charge in [0.05, 0.1) is 18.1 Å². The van der Waals surface area contributed by atoms with Crippen LogP contribution in [0.4, 0.5) is 5.95 Å². The van der Waals surface area contributed by atoms with Gasteiger partial charge in [-0.25, -0.2) is 15.0 Å². The van der Waals surface area contributed by atoms with Crippen molar-refractivity contribution >= 4 is 35.1 Å². The Kier molecular flexibility index (Phi) is 9.30. The van der Waals surface area contributed by atoms with E-state index in [4.69, 9.17) is 38.0 Å². The number of benzene rings is 1. The van der Waals surface area contributed by atoms with Crippen LogP contribution in [0.1, 0.15) is 24.8 Å². The van der Waals surface area contributed by atoms with E-state index in [0.717, 1.165) is 76.3 Å². The number of anilines is 1. The summed E-state index contributed by atoms with van der Waals surface area (Å²) >= 11 is 12.6. The Morgan fingerprint density at radius 2 is 1.67 bits per heavy atom. The highest BCUT2D eigenvalue weighted by atomic mass is 35.5. The lowest BCUT2D eigenvalue weighted by molar-refractivity contribution is -0.138. The standard InChI is InChI=1S/C31H37Cl2N7O3/c1-37-6-7-39-8-9-40(20-26(39)19-37)31-34-16-27(17-35-31)43-29-11-22(18-38-4-2-21(3-5-38)12-30(41)42)10-28(36-29)23-13-24(32)15-25(33)14-23/h10-11,13-17,21,26H,2-9,12,18-20H2,1H3,(H,41,42). The first-order valence-electron chi connectivity index (χ1n) is 14.9. The smallest absolute Gasteiger partial charge is 0.303 e. The highest BCUT2D eigenvalue weighted by Crippen LogP contribution is 2.31. The molecule has 2 aromatic heterocycles. The number of aromatic nitrogens is 3. The number of likely N-dealkylation sites (N-methyl/N-ethyl adjacent to an activating group) is 1. The molecule has 5 heterocycles. The zero-order valence-electron chi connectivity index (χ0n) is 24.3.